The Morgan fingerprint density at radius 1 is 1.16 bits per heavy atom. The maximum absolute atomic E-state index is 11.2. The number of aliphatic carboxylic acids is 1. The van der Waals surface area contributed by atoms with E-state index in [4.69, 9.17) is 0 Å². The molecule has 0 heterocycles. The fourth-order valence-electron chi connectivity index (χ4n) is 3.11. The lowest BCUT2D eigenvalue weighted by atomic mass is 9.77. The molecule has 0 amide bonds. The Hall–Kier alpha value is -0.570. The highest BCUT2D eigenvalue weighted by Crippen LogP contribution is 2.32. The molecule has 0 aromatic rings. The van der Waals surface area contributed by atoms with Gasteiger partial charge < -0.3 is 10.4 Å². The average Bonchev–Trinajstić information content (AvgIpc) is 2.34. The van der Waals surface area contributed by atoms with Gasteiger partial charge in [-0.1, -0.05) is 27.7 Å². The zero-order chi connectivity index (χ0) is 14.4. The summed E-state index contributed by atoms with van der Waals surface area (Å²) in [5.74, 6) is 2.06. The van der Waals surface area contributed by atoms with Crippen LogP contribution in [0.4, 0.5) is 0 Å². The van der Waals surface area contributed by atoms with Gasteiger partial charge >= 0.3 is 5.97 Å². The van der Waals surface area contributed by atoms with Crippen LogP contribution in [0.3, 0.4) is 0 Å². The van der Waals surface area contributed by atoms with E-state index in [2.05, 4.69) is 33.0 Å². The molecule has 0 bridgehead atoms. The van der Waals surface area contributed by atoms with Crippen molar-refractivity contribution in [3.05, 3.63) is 0 Å². The van der Waals surface area contributed by atoms with Gasteiger partial charge in [0.2, 0.25) is 0 Å². The van der Waals surface area contributed by atoms with E-state index < -0.39 is 5.97 Å². The first-order valence-electron chi connectivity index (χ1n) is 7.86. The molecule has 1 aliphatic carbocycles. The highest BCUT2D eigenvalue weighted by Gasteiger charge is 2.25. The molecule has 2 N–H and O–H groups in total. The van der Waals surface area contributed by atoms with Crippen molar-refractivity contribution in [3.63, 3.8) is 0 Å². The van der Waals surface area contributed by atoms with Gasteiger partial charge in [-0.3, -0.25) is 4.79 Å². The van der Waals surface area contributed by atoms with Gasteiger partial charge in [-0.25, -0.2) is 0 Å². The van der Waals surface area contributed by atoms with Crippen LogP contribution in [0.15, 0.2) is 0 Å². The van der Waals surface area contributed by atoms with Crippen molar-refractivity contribution in [2.75, 3.05) is 6.54 Å². The highest BCUT2D eigenvalue weighted by atomic mass is 16.4. The van der Waals surface area contributed by atoms with Crippen LogP contribution in [0.25, 0.3) is 0 Å². The van der Waals surface area contributed by atoms with Crippen LogP contribution in [0.1, 0.15) is 59.8 Å². The SMILES string of the molecule is CC(C)C[C@H](NCC1CCC(C(C)C)CC1)C(=O)O. The summed E-state index contributed by atoms with van der Waals surface area (Å²) in [6.45, 7) is 9.64. The lowest BCUT2D eigenvalue weighted by Crippen LogP contribution is -2.41. The molecule has 0 spiro atoms. The second-order valence-electron chi connectivity index (χ2n) is 6.95. The number of hydrogen-bond donors (Lipinski definition) is 2. The van der Waals surface area contributed by atoms with E-state index in [1.165, 1.54) is 25.7 Å². The first-order valence-corrected chi connectivity index (χ1v) is 7.86. The molecule has 1 aliphatic rings. The number of carbonyl (C=O) groups is 1. The topological polar surface area (TPSA) is 49.3 Å². The molecule has 1 rings (SSSR count). The number of carboxylic acids is 1. The van der Waals surface area contributed by atoms with E-state index in [9.17, 15) is 9.90 Å². The van der Waals surface area contributed by atoms with E-state index in [1.54, 1.807) is 0 Å². The Morgan fingerprint density at radius 2 is 1.74 bits per heavy atom. The van der Waals surface area contributed by atoms with Gasteiger partial charge in [-0.2, -0.15) is 0 Å². The summed E-state index contributed by atoms with van der Waals surface area (Å²) in [5, 5.41) is 12.5. The number of hydrogen-bond acceptors (Lipinski definition) is 2. The van der Waals surface area contributed by atoms with Gasteiger partial charge in [0.25, 0.3) is 0 Å². The summed E-state index contributed by atoms with van der Waals surface area (Å²) in [6.07, 6.45) is 5.85. The summed E-state index contributed by atoms with van der Waals surface area (Å²) in [4.78, 5) is 11.2. The Balaban J connectivity index is 2.30. The lowest BCUT2D eigenvalue weighted by Gasteiger charge is -2.31. The number of nitrogens with one attached hydrogen (secondary N) is 1. The third-order valence-electron chi connectivity index (χ3n) is 4.49. The molecular formula is C16H31NO2. The van der Waals surface area contributed by atoms with Crippen molar-refractivity contribution in [3.8, 4) is 0 Å². The summed E-state index contributed by atoms with van der Waals surface area (Å²) >= 11 is 0. The minimum atomic E-state index is -0.704. The molecule has 19 heavy (non-hydrogen) atoms. The number of rotatable bonds is 7. The zero-order valence-corrected chi connectivity index (χ0v) is 13.0. The summed E-state index contributed by atoms with van der Waals surface area (Å²) < 4.78 is 0. The van der Waals surface area contributed by atoms with Gasteiger partial charge in [-0.15, -0.1) is 0 Å². The molecule has 112 valence electrons. The van der Waals surface area contributed by atoms with Crippen molar-refractivity contribution in [1.29, 1.82) is 0 Å². The zero-order valence-electron chi connectivity index (χ0n) is 13.0. The summed E-state index contributed by atoms with van der Waals surface area (Å²) in [5.41, 5.74) is 0. The third-order valence-corrected chi connectivity index (χ3v) is 4.49. The molecule has 0 aromatic heterocycles. The van der Waals surface area contributed by atoms with Crippen molar-refractivity contribution in [2.24, 2.45) is 23.7 Å². The van der Waals surface area contributed by atoms with Crippen molar-refractivity contribution < 1.29 is 9.90 Å². The maximum Gasteiger partial charge on any atom is 0.320 e. The predicted molar refractivity (Wildman–Crippen MR) is 79.2 cm³/mol. The van der Waals surface area contributed by atoms with Crippen LogP contribution in [0.5, 0.6) is 0 Å². The molecule has 3 heteroatoms. The van der Waals surface area contributed by atoms with Crippen LogP contribution in [0, 0.1) is 23.7 Å². The van der Waals surface area contributed by atoms with Crippen LogP contribution >= 0.6 is 0 Å². The lowest BCUT2D eigenvalue weighted by molar-refractivity contribution is -0.140. The van der Waals surface area contributed by atoms with Gasteiger partial charge in [0, 0.05) is 0 Å². The molecule has 1 fully saturated rings. The molecule has 3 nitrogen and oxygen atoms in total. The molecule has 0 aromatic carbocycles. The van der Waals surface area contributed by atoms with Crippen molar-refractivity contribution in [1.82, 2.24) is 5.32 Å². The summed E-state index contributed by atoms with van der Waals surface area (Å²) in [7, 11) is 0. The van der Waals surface area contributed by atoms with Gasteiger partial charge in [-0.05, 0) is 62.3 Å². The molecule has 1 saturated carbocycles. The Bertz CT molecular complexity index is 268. The Morgan fingerprint density at radius 3 is 2.16 bits per heavy atom. The smallest absolute Gasteiger partial charge is 0.320 e. The van der Waals surface area contributed by atoms with Crippen LogP contribution < -0.4 is 5.32 Å². The van der Waals surface area contributed by atoms with E-state index in [0.717, 1.165) is 24.8 Å². The first kappa shape index (κ1) is 16.5. The molecule has 1 atom stereocenters. The highest BCUT2D eigenvalue weighted by molar-refractivity contribution is 5.73. The maximum atomic E-state index is 11.2. The molecular weight excluding hydrogens is 238 g/mol. The van der Waals surface area contributed by atoms with E-state index >= 15 is 0 Å². The molecule has 0 radical (unpaired) electrons. The van der Waals surface area contributed by atoms with E-state index in [-0.39, 0.29) is 6.04 Å². The van der Waals surface area contributed by atoms with E-state index in [1.807, 2.05) is 0 Å². The fourth-order valence-corrected chi connectivity index (χ4v) is 3.11. The second-order valence-corrected chi connectivity index (χ2v) is 6.95. The fraction of sp³-hybridized carbons (Fsp3) is 0.938. The van der Waals surface area contributed by atoms with Gasteiger partial charge in [0.1, 0.15) is 6.04 Å². The Kier molecular flexibility index (Phi) is 6.84. The standard InChI is InChI=1S/C16H31NO2/c1-11(2)9-15(16(18)19)17-10-13-5-7-14(8-6-13)12(3)4/h11-15,17H,5-10H2,1-4H3,(H,18,19)/t13?,14?,15-/m0/s1. The minimum Gasteiger partial charge on any atom is -0.480 e. The average molecular weight is 269 g/mol. The quantitative estimate of drug-likeness (QED) is 0.743. The van der Waals surface area contributed by atoms with Crippen molar-refractivity contribution >= 4 is 5.97 Å². The third kappa shape index (κ3) is 5.94. The van der Waals surface area contributed by atoms with E-state index in [0.29, 0.717) is 11.8 Å². The largest absolute Gasteiger partial charge is 0.480 e. The monoisotopic (exact) mass is 269 g/mol. The van der Waals surface area contributed by atoms with Crippen LogP contribution in [-0.2, 0) is 4.79 Å². The predicted octanol–water partition coefficient (Wildman–Crippen LogP) is 3.54. The van der Waals surface area contributed by atoms with Crippen LogP contribution in [-0.4, -0.2) is 23.7 Å². The van der Waals surface area contributed by atoms with Gasteiger partial charge in [0.05, 0.1) is 0 Å². The minimum absolute atomic E-state index is 0.372. The second kappa shape index (κ2) is 7.88. The first-order chi connectivity index (χ1) is 8.90. The number of carboxylic acid groups (broad SMARTS) is 1. The summed E-state index contributed by atoms with van der Waals surface area (Å²) in [6, 6.07) is -0.372. The van der Waals surface area contributed by atoms with Crippen molar-refractivity contribution in [2.45, 2.75) is 65.8 Å². The Labute approximate surface area is 118 Å². The molecule has 0 aliphatic heterocycles. The van der Waals surface area contributed by atoms with Gasteiger partial charge in [0.15, 0.2) is 0 Å². The van der Waals surface area contributed by atoms with Crippen LogP contribution in [0.2, 0.25) is 0 Å². The normalized spacial score (nSPS) is 25.8. The molecule has 0 saturated heterocycles. The molecule has 0 unspecified atom stereocenters.